The Morgan fingerprint density at radius 3 is 2.38 bits per heavy atom. The van der Waals surface area contributed by atoms with Crippen LogP contribution in [0.15, 0.2) is 5.10 Å². The Morgan fingerprint density at radius 2 is 1.65 bits per heavy atom. The Morgan fingerprint density at radius 1 is 0.962 bits per heavy atom. The summed E-state index contributed by atoms with van der Waals surface area (Å²) < 4.78 is 4.86. The Hall–Kier alpha value is -2.22. The number of thiophene rings is 1. The molecule has 1 aromatic heterocycles. The fourth-order valence-electron chi connectivity index (χ4n) is 3.38. The van der Waals surface area contributed by atoms with E-state index in [9.17, 15) is 14.4 Å². The topological polar surface area (TPSA) is 96.9 Å². The molecule has 0 aromatic carbocycles. The predicted octanol–water partition coefficient (Wildman–Crippen LogP) is 2.79. The van der Waals surface area contributed by atoms with Gasteiger partial charge in [0.15, 0.2) is 0 Å². The molecule has 1 heterocycles. The predicted molar refractivity (Wildman–Crippen MR) is 99.6 cm³/mol. The van der Waals surface area contributed by atoms with Crippen molar-refractivity contribution in [2.45, 2.75) is 57.8 Å². The van der Waals surface area contributed by atoms with Gasteiger partial charge >= 0.3 is 17.8 Å². The number of rotatable bonds is 3. The van der Waals surface area contributed by atoms with Crippen molar-refractivity contribution in [3.05, 3.63) is 16.0 Å². The highest BCUT2D eigenvalue weighted by Crippen LogP contribution is 2.38. The van der Waals surface area contributed by atoms with Gasteiger partial charge in [-0.15, -0.1) is 11.3 Å². The number of hydrogen-bond acceptors (Lipinski definition) is 6. The van der Waals surface area contributed by atoms with Crippen LogP contribution in [0, 0.1) is 0 Å². The standard InChI is InChI=1S/C18H23N3O4S/c1-25-18(24)14-12-9-5-6-10-13(12)26-17(14)19-15(22)16(23)21-20-11-7-3-2-4-8-11/h2-10H2,1H3,(H,19,22)(H,21,23). The van der Waals surface area contributed by atoms with Gasteiger partial charge in [-0.1, -0.05) is 6.42 Å². The number of carbonyl (C=O) groups excluding carboxylic acids is 3. The number of hydrazone groups is 1. The number of ether oxygens (including phenoxy) is 1. The van der Waals surface area contributed by atoms with Crippen LogP contribution in [0.4, 0.5) is 5.00 Å². The Labute approximate surface area is 156 Å². The molecule has 7 nitrogen and oxygen atoms in total. The zero-order valence-corrected chi connectivity index (χ0v) is 15.7. The molecule has 140 valence electrons. The van der Waals surface area contributed by atoms with Gasteiger partial charge in [0.1, 0.15) is 5.00 Å². The Balaban J connectivity index is 1.71. The van der Waals surface area contributed by atoms with E-state index in [2.05, 4.69) is 15.8 Å². The van der Waals surface area contributed by atoms with E-state index in [1.165, 1.54) is 24.9 Å². The summed E-state index contributed by atoms with van der Waals surface area (Å²) in [6.45, 7) is 0. The van der Waals surface area contributed by atoms with Gasteiger partial charge in [0, 0.05) is 10.6 Å². The SMILES string of the molecule is COC(=O)c1c(NC(=O)C(=O)NN=C2CCCCC2)sc2c1CCCC2. The number of methoxy groups -OCH3 is 1. The van der Waals surface area contributed by atoms with Crippen LogP contribution in [0.2, 0.25) is 0 Å². The Bertz CT molecular complexity index is 746. The lowest BCUT2D eigenvalue weighted by Gasteiger charge is -2.12. The monoisotopic (exact) mass is 377 g/mol. The summed E-state index contributed by atoms with van der Waals surface area (Å²) in [4.78, 5) is 37.5. The summed E-state index contributed by atoms with van der Waals surface area (Å²) in [5.41, 5.74) is 4.56. The molecular weight excluding hydrogens is 354 g/mol. The molecule has 0 bridgehead atoms. The second kappa shape index (κ2) is 8.44. The second-order valence-electron chi connectivity index (χ2n) is 6.54. The molecule has 1 aromatic rings. The maximum absolute atomic E-state index is 12.2. The average molecular weight is 377 g/mol. The van der Waals surface area contributed by atoms with E-state index in [1.807, 2.05) is 0 Å². The van der Waals surface area contributed by atoms with Crippen molar-refractivity contribution >= 4 is 39.8 Å². The highest BCUT2D eigenvalue weighted by atomic mass is 32.1. The van der Waals surface area contributed by atoms with Gasteiger partial charge in [0.05, 0.1) is 12.7 Å². The van der Waals surface area contributed by atoms with Crippen LogP contribution in [0.5, 0.6) is 0 Å². The van der Waals surface area contributed by atoms with E-state index in [0.29, 0.717) is 10.6 Å². The number of nitrogens with zero attached hydrogens (tertiary/aromatic N) is 1. The molecule has 1 fully saturated rings. The molecule has 0 aliphatic heterocycles. The van der Waals surface area contributed by atoms with Crippen LogP contribution in [-0.2, 0) is 27.2 Å². The van der Waals surface area contributed by atoms with E-state index in [0.717, 1.165) is 67.5 Å². The van der Waals surface area contributed by atoms with Crippen molar-refractivity contribution in [3.8, 4) is 0 Å². The summed E-state index contributed by atoms with van der Waals surface area (Å²) in [6, 6.07) is 0. The minimum absolute atomic E-state index is 0.381. The van der Waals surface area contributed by atoms with E-state index in [-0.39, 0.29) is 0 Å². The third-order valence-corrected chi connectivity index (χ3v) is 5.95. The zero-order chi connectivity index (χ0) is 18.5. The lowest BCUT2D eigenvalue weighted by molar-refractivity contribution is -0.136. The molecule has 2 N–H and O–H groups in total. The van der Waals surface area contributed by atoms with Gasteiger partial charge in [-0.05, 0) is 56.9 Å². The first-order valence-corrected chi connectivity index (χ1v) is 9.81. The summed E-state index contributed by atoms with van der Waals surface area (Å²) in [5.74, 6) is -2.14. The largest absolute Gasteiger partial charge is 0.465 e. The summed E-state index contributed by atoms with van der Waals surface area (Å²) in [6.07, 6.45) is 8.71. The lowest BCUT2D eigenvalue weighted by Crippen LogP contribution is -2.33. The van der Waals surface area contributed by atoms with Gasteiger partial charge in [-0.2, -0.15) is 5.10 Å². The molecule has 8 heteroatoms. The average Bonchev–Trinajstić information content (AvgIpc) is 3.04. The number of carbonyl (C=O) groups is 3. The van der Waals surface area contributed by atoms with Crippen LogP contribution in [0.25, 0.3) is 0 Å². The summed E-state index contributed by atoms with van der Waals surface area (Å²) in [7, 11) is 1.31. The van der Waals surface area contributed by atoms with E-state index < -0.39 is 17.8 Å². The number of anilines is 1. The smallest absolute Gasteiger partial charge is 0.341 e. The second-order valence-corrected chi connectivity index (χ2v) is 7.65. The quantitative estimate of drug-likeness (QED) is 0.481. The molecule has 2 aliphatic rings. The molecule has 0 saturated heterocycles. The summed E-state index contributed by atoms with van der Waals surface area (Å²) >= 11 is 1.35. The molecular formula is C18H23N3O4S. The van der Waals surface area contributed by atoms with Crippen LogP contribution < -0.4 is 10.7 Å². The Kier molecular flexibility index (Phi) is 6.03. The molecule has 1 saturated carbocycles. The lowest BCUT2D eigenvalue weighted by atomic mass is 9.95. The van der Waals surface area contributed by atoms with Crippen LogP contribution in [-0.4, -0.2) is 30.6 Å². The zero-order valence-electron chi connectivity index (χ0n) is 14.9. The van der Waals surface area contributed by atoms with Crippen molar-refractivity contribution < 1.29 is 19.1 Å². The number of fused-ring (bicyclic) bond motifs is 1. The maximum atomic E-state index is 12.2. The highest BCUT2D eigenvalue weighted by molar-refractivity contribution is 7.17. The third kappa shape index (κ3) is 4.12. The van der Waals surface area contributed by atoms with Gasteiger partial charge < -0.3 is 10.1 Å². The number of aryl methyl sites for hydroxylation is 1. The molecule has 0 atom stereocenters. The minimum atomic E-state index is -0.828. The van der Waals surface area contributed by atoms with Gasteiger partial charge in [-0.25, -0.2) is 10.2 Å². The van der Waals surface area contributed by atoms with Crippen LogP contribution in [0.1, 0.15) is 65.7 Å². The minimum Gasteiger partial charge on any atom is -0.465 e. The van der Waals surface area contributed by atoms with Crippen LogP contribution in [0.3, 0.4) is 0 Å². The first-order chi connectivity index (χ1) is 12.6. The van der Waals surface area contributed by atoms with Crippen molar-refractivity contribution in [2.24, 2.45) is 5.10 Å². The highest BCUT2D eigenvalue weighted by Gasteiger charge is 2.28. The third-order valence-electron chi connectivity index (χ3n) is 4.74. The van der Waals surface area contributed by atoms with Crippen molar-refractivity contribution in [1.29, 1.82) is 0 Å². The molecule has 0 radical (unpaired) electrons. The van der Waals surface area contributed by atoms with Crippen molar-refractivity contribution in [1.82, 2.24) is 5.43 Å². The van der Waals surface area contributed by atoms with Gasteiger partial charge in [0.25, 0.3) is 0 Å². The normalized spacial score (nSPS) is 16.4. The van der Waals surface area contributed by atoms with Crippen molar-refractivity contribution in [3.63, 3.8) is 0 Å². The summed E-state index contributed by atoms with van der Waals surface area (Å²) in [5, 5.41) is 7.00. The fraction of sp³-hybridized carbons (Fsp3) is 0.556. The maximum Gasteiger partial charge on any atom is 0.341 e. The number of amides is 2. The molecule has 26 heavy (non-hydrogen) atoms. The molecule has 2 amide bonds. The first-order valence-electron chi connectivity index (χ1n) is 8.99. The molecule has 0 unspecified atom stereocenters. The number of nitrogens with one attached hydrogen (secondary N) is 2. The first kappa shape index (κ1) is 18.6. The van der Waals surface area contributed by atoms with E-state index >= 15 is 0 Å². The molecule has 3 rings (SSSR count). The van der Waals surface area contributed by atoms with E-state index in [1.54, 1.807) is 0 Å². The van der Waals surface area contributed by atoms with Crippen LogP contribution >= 0.6 is 11.3 Å². The molecule has 2 aliphatic carbocycles. The number of hydrogen-bond donors (Lipinski definition) is 2. The number of esters is 1. The van der Waals surface area contributed by atoms with Gasteiger partial charge in [-0.3, -0.25) is 9.59 Å². The molecule has 0 spiro atoms. The van der Waals surface area contributed by atoms with Gasteiger partial charge in [0.2, 0.25) is 0 Å². The van der Waals surface area contributed by atoms with Crippen molar-refractivity contribution in [2.75, 3.05) is 12.4 Å². The fourth-order valence-corrected chi connectivity index (χ4v) is 4.66. The van der Waals surface area contributed by atoms with E-state index in [4.69, 9.17) is 4.74 Å².